The summed E-state index contributed by atoms with van der Waals surface area (Å²) in [5, 5.41) is 18.3. The lowest BCUT2D eigenvalue weighted by Crippen LogP contribution is -2.23. The zero-order valence-corrected chi connectivity index (χ0v) is 20.0. The van der Waals surface area contributed by atoms with Crippen LogP contribution in [0, 0.1) is 0 Å². The van der Waals surface area contributed by atoms with Gasteiger partial charge in [0.1, 0.15) is 0 Å². The maximum atomic E-state index is 12.8. The Balaban J connectivity index is 1.89. The van der Waals surface area contributed by atoms with E-state index in [2.05, 4.69) is 20.9 Å². The van der Waals surface area contributed by atoms with Crippen LogP contribution in [0.3, 0.4) is 0 Å². The van der Waals surface area contributed by atoms with Crippen molar-refractivity contribution in [1.29, 1.82) is 0 Å². The van der Waals surface area contributed by atoms with E-state index in [1.165, 1.54) is 28.8 Å². The highest BCUT2D eigenvalue weighted by atomic mass is 79.9. The number of aliphatic carboxylic acids is 1. The molecule has 33 heavy (non-hydrogen) atoms. The van der Waals surface area contributed by atoms with Crippen LogP contribution in [0.5, 0.6) is 11.5 Å². The quantitative estimate of drug-likeness (QED) is 0.481. The molecule has 1 aliphatic rings. The van der Waals surface area contributed by atoms with Gasteiger partial charge in [0.05, 0.1) is 22.8 Å². The van der Waals surface area contributed by atoms with Crippen molar-refractivity contribution < 1.29 is 34.1 Å². The molecular weight excluding hydrogens is 516 g/mol. The number of ether oxygens (including phenoxy) is 2. The number of aliphatic imine (C=N–C) groups is 1. The van der Waals surface area contributed by atoms with Crippen LogP contribution in [-0.4, -0.2) is 58.4 Å². The molecule has 2 aromatic rings. The molecule has 1 heterocycles. The van der Waals surface area contributed by atoms with Crippen molar-refractivity contribution in [3.8, 4) is 11.5 Å². The summed E-state index contributed by atoms with van der Waals surface area (Å²) in [4.78, 5) is 40.9. The number of benzene rings is 2. The highest BCUT2D eigenvalue weighted by Gasteiger charge is 2.30. The van der Waals surface area contributed by atoms with E-state index < -0.39 is 18.5 Å². The fourth-order valence-electron chi connectivity index (χ4n) is 2.76. The molecule has 11 heteroatoms. The molecule has 0 saturated carbocycles. The van der Waals surface area contributed by atoms with E-state index in [9.17, 15) is 14.4 Å². The van der Waals surface area contributed by atoms with Crippen LogP contribution in [0.4, 0.5) is 5.69 Å². The molecule has 3 rings (SSSR count). The average molecular weight is 535 g/mol. The fourth-order valence-corrected chi connectivity index (χ4v) is 4.18. The molecule has 1 amide bonds. The number of likely N-dealkylation sites (N-methyl/N-ethyl adjacent to an activating group) is 1. The summed E-state index contributed by atoms with van der Waals surface area (Å²) in [6.45, 7) is 1.62. The minimum Gasteiger partial charge on any atom is -0.490 e. The van der Waals surface area contributed by atoms with Crippen molar-refractivity contribution in [2.75, 3.05) is 20.3 Å². The van der Waals surface area contributed by atoms with E-state index in [4.69, 9.17) is 19.7 Å². The summed E-state index contributed by atoms with van der Waals surface area (Å²) < 4.78 is 11.4. The molecule has 2 N–H and O–H groups in total. The summed E-state index contributed by atoms with van der Waals surface area (Å²) in [5.74, 6) is -1.77. The van der Waals surface area contributed by atoms with Gasteiger partial charge in [0, 0.05) is 11.5 Å². The molecule has 0 unspecified atom stereocenters. The van der Waals surface area contributed by atoms with Crippen LogP contribution in [0.1, 0.15) is 22.8 Å². The minimum atomic E-state index is -1.11. The first-order valence-corrected chi connectivity index (χ1v) is 11.2. The highest BCUT2D eigenvalue weighted by molar-refractivity contribution is 9.10. The maximum absolute atomic E-state index is 12.8. The van der Waals surface area contributed by atoms with E-state index in [0.29, 0.717) is 38.2 Å². The van der Waals surface area contributed by atoms with Gasteiger partial charge in [-0.1, -0.05) is 15.9 Å². The molecule has 9 nitrogen and oxygen atoms in total. The highest BCUT2D eigenvalue weighted by Crippen LogP contribution is 2.38. The van der Waals surface area contributed by atoms with Gasteiger partial charge >= 0.3 is 11.9 Å². The molecule has 0 aromatic heterocycles. The number of hydrogen-bond donors (Lipinski definition) is 2. The predicted octanol–water partition coefficient (Wildman–Crippen LogP) is 4.24. The summed E-state index contributed by atoms with van der Waals surface area (Å²) in [7, 11) is 1.60. The van der Waals surface area contributed by atoms with Gasteiger partial charge in [-0.3, -0.25) is 9.69 Å². The van der Waals surface area contributed by atoms with E-state index in [1.807, 2.05) is 0 Å². The zero-order chi connectivity index (χ0) is 24.1. The van der Waals surface area contributed by atoms with Crippen LogP contribution in [0.2, 0.25) is 0 Å². The lowest BCUT2D eigenvalue weighted by molar-refractivity contribution is -0.139. The molecule has 1 aliphatic heterocycles. The van der Waals surface area contributed by atoms with Gasteiger partial charge in [0.25, 0.3) is 5.91 Å². The third-order valence-electron chi connectivity index (χ3n) is 4.34. The van der Waals surface area contributed by atoms with E-state index >= 15 is 0 Å². The van der Waals surface area contributed by atoms with Gasteiger partial charge in [0.15, 0.2) is 23.3 Å². The van der Waals surface area contributed by atoms with Crippen molar-refractivity contribution in [2.24, 2.45) is 4.99 Å². The van der Waals surface area contributed by atoms with Gasteiger partial charge in [0.2, 0.25) is 0 Å². The SMILES string of the molecule is CCOc1cc(/C=C2\SC(=Nc3ccc(C(=O)O)cc3)N(C)C2=O)c(Br)cc1OCC(=O)O. The number of amidine groups is 1. The first kappa shape index (κ1) is 24.3. The van der Waals surface area contributed by atoms with Gasteiger partial charge < -0.3 is 19.7 Å². The molecule has 1 fully saturated rings. The Hall–Kier alpha value is -3.31. The predicted molar refractivity (Wildman–Crippen MR) is 127 cm³/mol. The summed E-state index contributed by atoms with van der Waals surface area (Å²) in [6.07, 6.45) is 1.67. The van der Waals surface area contributed by atoms with Crippen molar-refractivity contribution >= 4 is 62.5 Å². The standard InChI is InChI=1S/C22H19BrN2O7S/c1-3-31-16-8-13(15(23)10-17(16)32-11-19(26)27)9-18-20(28)25(2)22(33-18)24-14-6-4-12(5-7-14)21(29)30/h4-10H,3,11H2,1-2H3,(H,26,27)(H,29,30)/b18-9-,24-22?. The van der Waals surface area contributed by atoms with Crippen LogP contribution in [-0.2, 0) is 9.59 Å². The van der Waals surface area contributed by atoms with Crippen molar-refractivity contribution in [1.82, 2.24) is 4.90 Å². The lowest BCUT2D eigenvalue weighted by atomic mass is 10.2. The summed E-state index contributed by atoms with van der Waals surface area (Å²) in [5.41, 5.74) is 1.30. The number of carboxylic acid groups (broad SMARTS) is 2. The first-order valence-electron chi connectivity index (χ1n) is 9.60. The second kappa shape index (κ2) is 10.5. The van der Waals surface area contributed by atoms with E-state index in [1.54, 1.807) is 44.3 Å². The molecule has 0 radical (unpaired) electrons. The number of carbonyl (C=O) groups is 3. The third kappa shape index (κ3) is 5.93. The summed E-state index contributed by atoms with van der Waals surface area (Å²) in [6, 6.07) is 9.27. The largest absolute Gasteiger partial charge is 0.490 e. The monoisotopic (exact) mass is 534 g/mol. The van der Waals surface area contributed by atoms with Crippen molar-refractivity contribution in [3.63, 3.8) is 0 Å². The van der Waals surface area contributed by atoms with Crippen molar-refractivity contribution in [3.05, 3.63) is 56.9 Å². The first-order chi connectivity index (χ1) is 15.7. The number of nitrogens with zero attached hydrogens (tertiary/aromatic N) is 2. The molecule has 0 atom stereocenters. The molecule has 1 saturated heterocycles. The Bertz CT molecular complexity index is 1160. The lowest BCUT2D eigenvalue weighted by Gasteiger charge is -2.13. The molecule has 0 bridgehead atoms. The summed E-state index contributed by atoms with van der Waals surface area (Å²) >= 11 is 4.60. The van der Waals surface area contributed by atoms with Gasteiger partial charge in [-0.15, -0.1) is 0 Å². The normalized spacial score (nSPS) is 15.8. The van der Waals surface area contributed by atoms with E-state index in [0.717, 1.165) is 0 Å². The van der Waals surface area contributed by atoms with Crippen LogP contribution in [0.25, 0.3) is 6.08 Å². The van der Waals surface area contributed by atoms with Gasteiger partial charge in [-0.2, -0.15) is 0 Å². The zero-order valence-electron chi connectivity index (χ0n) is 17.6. The second-order valence-electron chi connectivity index (χ2n) is 6.66. The van der Waals surface area contributed by atoms with Gasteiger partial charge in [-0.25, -0.2) is 14.6 Å². The molecular formula is C22H19BrN2O7S. The topological polar surface area (TPSA) is 126 Å². The smallest absolute Gasteiger partial charge is 0.341 e. The number of aromatic carboxylic acids is 1. The molecule has 0 aliphatic carbocycles. The second-order valence-corrected chi connectivity index (χ2v) is 8.52. The number of carbonyl (C=O) groups excluding carboxylic acids is 1. The Morgan fingerprint density at radius 1 is 1.15 bits per heavy atom. The molecule has 2 aromatic carbocycles. The average Bonchev–Trinajstić information content (AvgIpc) is 3.03. The fraction of sp³-hybridized carbons (Fsp3) is 0.182. The number of rotatable bonds is 8. The minimum absolute atomic E-state index is 0.147. The van der Waals surface area contributed by atoms with Crippen LogP contribution in [0.15, 0.2) is 50.8 Å². The molecule has 0 spiro atoms. The van der Waals surface area contributed by atoms with Gasteiger partial charge in [-0.05, 0) is 66.7 Å². The number of halogens is 1. The number of amides is 1. The molecule has 172 valence electrons. The third-order valence-corrected chi connectivity index (χ3v) is 6.09. The Morgan fingerprint density at radius 2 is 1.82 bits per heavy atom. The maximum Gasteiger partial charge on any atom is 0.341 e. The van der Waals surface area contributed by atoms with Crippen LogP contribution < -0.4 is 9.47 Å². The van der Waals surface area contributed by atoms with Crippen LogP contribution >= 0.6 is 27.7 Å². The van der Waals surface area contributed by atoms with Crippen molar-refractivity contribution in [2.45, 2.75) is 6.92 Å². The number of carboxylic acids is 2. The Kier molecular flexibility index (Phi) is 7.77. The number of thioether (sulfide) groups is 1. The van der Waals surface area contributed by atoms with E-state index in [-0.39, 0.29) is 17.2 Å². The Labute approximate surface area is 201 Å². The number of hydrogen-bond acceptors (Lipinski definition) is 7. The Morgan fingerprint density at radius 3 is 2.42 bits per heavy atom.